The van der Waals surface area contributed by atoms with E-state index in [0.29, 0.717) is 0 Å². The van der Waals surface area contributed by atoms with E-state index in [1.165, 1.54) is 6.92 Å². The normalized spacial score (nSPS) is 25.3. The van der Waals surface area contributed by atoms with E-state index in [9.17, 15) is 28.8 Å². The van der Waals surface area contributed by atoms with E-state index < -0.39 is 77.8 Å². The van der Waals surface area contributed by atoms with Gasteiger partial charge in [0, 0.05) is 41.0 Å². The molecule has 13 nitrogen and oxygen atoms in total. The van der Waals surface area contributed by atoms with E-state index in [1.807, 2.05) is 0 Å². The number of ether oxygens (including phenoxy) is 6. The lowest BCUT2D eigenvalue weighted by Crippen LogP contribution is -2.68. The smallest absolute Gasteiger partial charge is 0.348 e. The summed E-state index contributed by atoms with van der Waals surface area (Å²) in [5.41, 5.74) is 0. The number of rotatable bonds is 10. The van der Waals surface area contributed by atoms with Gasteiger partial charge in [-0.05, 0) is 6.26 Å². The molecule has 198 valence electrons. The first-order valence-electron chi connectivity index (χ1n) is 10.5. The topological polar surface area (TPSA) is 170 Å². The minimum atomic E-state index is -1.75. The Morgan fingerprint density at radius 1 is 0.971 bits per heavy atom. The van der Waals surface area contributed by atoms with Crippen LogP contribution in [0.1, 0.15) is 41.0 Å². The summed E-state index contributed by atoms with van der Waals surface area (Å²) in [5.74, 6) is -4.45. The Morgan fingerprint density at radius 3 is 2.00 bits per heavy atom. The number of nitrogens with one attached hydrogen (secondary N) is 1. The van der Waals surface area contributed by atoms with Crippen LogP contribution in [0.3, 0.4) is 0 Å². The second kappa shape index (κ2) is 13.3. The summed E-state index contributed by atoms with van der Waals surface area (Å²) in [6, 6.07) is -1.17. The van der Waals surface area contributed by atoms with Crippen LogP contribution >= 0.6 is 11.8 Å². The molecule has 1 saturated heterocycles. The molecule has 1 amide bonds. The Labute approximate surface area is 206 Å². The van der Waals surface area contributed by atoms with Crippen molar-refractivity contribution in [1.82, 2.24) is 5.32 Å². The van der Waals surface area contributed by atoms with E-state index in [-0.39, 0.29) is 6.42 Å². The average molecular weight is 522 g/mol. The van der Waals surface area contributed by atoms with Gasteiger partial charge in [-0.3, -0.25) is 24.0 Å². The van der Waals surface area contributed by atoms with Crippen LogP contribution < -0.4 is 5.32 Å². The van der Waals surface area contributed by atoms with Gasteiger partial charge in [-0.2, -0.15) is 0 Å². The fourth-order valence-electron chi connectivity index (χ4n) is 3.61. The number of thioether (sulfide) groups is 1. The highest BCUT2D eigenvalue weighted by molar-refractivity contribution is 8.00. The zero-order valence-electron chi connectivity index (χ0n) is 20.6. The third-order valence-corrected chi connectivity index (χ3v) is 5.91. The maximum atomic E-state index is 12.8. The number of carbonyl (C=O) groups excluding carboxylic acids is 6. The monoisotopic (exact) mass is 521 g/mol. The van der Waals surface area contributed by atoms with Crippen LogP contribution in [0.4, 0.5) is 0 Å². The molecule has 1 heterocycles. The van der Waals surface area contributed by atoms with Crippen molar-refractivity contribution >= 4 is 47.5 Å². The lowest BCUT2D eigenvalue weighted by atomic mass is 9.89. The summed E-state index contributed by atoms with van der Waals surface area (Å²) in [6.07, 6.45) is -4.17. The molecular formula is C21H31NO12S. The summed E-state index contributed by atoms with van der Waals surface area (Å²) < 4.78 is 32.1. The van der Waals surface area contributed by atoms with Crippen LogP contribution in [0, 0.1) is 0 Å². The molecule has 1 fully saturated rings. The molecule has 1 aliphatic heterocycles. The molecule has 6 atom stereocenters. The lowest BCUT2D eigenvalue weighted by Gasteiger charge is -2.48. The second-order valence-corrected chi connectivity index (χ2v) is 8.70. The molecule has 1 unspecified atom stereocenters. The predicted molar refractivity (Wildman–Crippen MR) is 119 cm³/mol. The van der Waals surface area contributed by atoms with E-state index in [1.54, 1.807) is 6.26 Å². The Morgan fingerprint density at radius 2 is 1.57 bits per heavy atom. The first-order chi connectivity index (χ1) is 16.3. The maximum Gasteiger partial charge on any atom is 0.348 e. The molecule has 1 rings (SSSR count). The first kappa shape index (κ1) is 30.2. The quantitative estimate of drug-likeness (QED) is 0.298. The molecule has 1 aliphatic rings. The Bertz CT molecular complexity index is 833. The van der Waals surface area contributed by atoms with Crippen molar-refractivity contribution in [3.05, 3.63) is 0 Å². The largest absolute Gasteiger partial charge is 0.466 e. The van der Waals surface area contributed by atoms with Crippen LogP contribution in [0.15, 0.2) is 0 Å². The molecule has 0 radical (unpaired) electrons. The molecule has 0 spiro atoms. The zero-order valence-corrected chi connectivity index (χ0v) is 21.4. The third-order valence-electron chi connectivity index (χ3n) is 4.82. The molecule has 0 aliphatic carbocycles. The average Bonchev–Trinajstić information content (AvgIpc) is 2.74. The molecule has 0 aromatic heterocycles. The molecule has 0 aromatic rings. The van der Waals surface area contributed by atoms with E-state index in [2.05, 4.69) is 5.32 Å². The minimum absolute atomic E-state index is 0.225. The van der Waals surface area contributed by atoms with Crippen LogP contribution in [0.2, 0.25) is 0 Å². The van der Waals surface area contributed by atoms with Crippen molar-refractivity contribution in [2.45, 2.75) is 76.4 Å². The van der Waals surface area contributed by atoms with Gasteiger partial charge in [0.05, 0.1) is 13.2 Å². The highest BCUT2D eigenvalue weighted by atomic mass is 32.2. The van der Waals surface area contributed by atoms with E-state index in [0.717, 1.165) is 46.6 Å². The van der Waals surface area contributed by atoms with Crippen molar-refractivity contribution in [2.24, 2.45) is 0 Å². The SMILES string of the molecule is COC(=O)[C@@]1(SC)C[C@@H](OC(C)=O)[C@@H](NC(C)=O)C([C@H](OC(C)=O)[C@@H](COC(C)=O)OC(C)=O)O1. The summed E-state index contributed by atoms with van der Waals surface area (Å²) in [6.45, 7) is 5.08. The number of amides is 1. The van der Waals surface area contributed by atoms with Gasteiger partial charge in [-0.15, -0.1) is 11.8 Å². The van der Waals surface area contributed by atoms with E-state index in [4.69, 9.17) is 28.4 Å². The van der Waals surface area contributed by atoms with Gasteiger partial charge in [0.25, 0.3) is 0 Å². The van der Waals surface area contributed by atoms with Crippen molar-refractivity contribution in [3.8, 4) is 0 Å². The van der Waals surface area contributed by atoms with Crippen molar-refractivity contribution < 1.29 is 57.2 Å². The number of hydrogen-bond donors (Lipinski definition) is 1. The number of carbonyl (C=O) groups is 6. The summed E-state index contributed by atoms with van der Waals surface area (Å²) in [5, 5.41) is 2.59. The number of esters is 5. The highest BCUT2D eigenvalue weighted by Gasteiger charge is 2.58. The first-order valence-corrected chi connectivity index (χ1v) is 11.7. The predicted octanol–water partition coefficient (Wildman–Crippen LogP) is -0.129. The molecule has 0 bridgehead atoms. The fourth-order valence-corrected chi connectivity index (χ4v) is 4.40. The third kappa shape index (κ3) is 8.69. The van der Waals surface area contributed by atoms with Crippen LogP contribution in [0.25, 0.3) is 0 Å². The van der Waals surface area contributed by atoms with Crippen molar-refractivity contribution in [2.75, 3.05) is 20.0 Å². The minimum Gasteiger partial charge on any atom is -0.466 e. The molecule has 0 aromatic carbocycles. The van der Waals surface area contributed by atoms with Crippen molar-refractivity contribution in [3.63, 3.8) is 0 Å². The van der Waals surface area contributed by atoms with E-state index >= 15 is 0 Å². The summed E-state index contributed by atoms with van der Waals surface area (Å²) in [7, 11) is 1.13. The molecule has 1 N–H and O–H groups in total. The summed E-state index contributed by atoms with van der Waals surface area (Å²) >= 11 is 0.927. The van der Waals surface area contributed by atoms with Crippen molar-refractivity contribution in [1.29, 1.82) is 0 Å². The zero-order chi connectivity index (χ0) is 26.9. The van der Waals surface area contributed by atoms with Crippen LogP contribution in [-0.4, -0.2) is 91.1 Å². The molecule has 0 saturated carbocycles. The Kier molecular flexibility index (Phi) is 11.4. The lowest BCUT2D eigenvalue weighted by molar-refractivity contribution is -0.224. The highest BCUT2D eigenvalue weighted by Crippen LogP contribution is 2.41. The molecular weight excluding hydrogens is 490 g/mol. The number of hydrogen-bond acceptors (Lipinski definition) is 13. The summed E-state index contributed by atoms with van der Waals surface area (Å²) in [4.78, 5) is 70.2. The van der Waals surface area contributed by atoms with Gasteiger partial charge in [0.15, 0.2) is 12.2 Å². The Balaban J connectivity index is 3.72. The molecule has 14 heteroatoms. The van der Waals surface area contributed by atoms with Gasteiger partial charge in [0.1, 0.15) is 18.8 Å². The van der Waals surface area contributed by atoms with Gasteiger partial charge >= 0.3 is 29.8 Å². The van der Waals surface area contributed by atoms with Crippen LogP contribution in [0.5, 0.6) is 0 Å². The standard InChI is InChI=1S/C21H31NO12S/c1-10(23)22-17-15(31-12(3)25)8-21(35-7,20(28)29-6)34-19(17)18(33-14(5)27)16(32-13(4)26)9-30-11(2)24/h15-19H,8-9H2,1-7H3,(H,22,23)/t15-,16-,17-,18-,19?,21+/m1/s1. The van der Waals surface area contributed by atoms with Gasteiger partial charge in [-0.1, -0.05) is 0 Å². The second-order valence-electron chi connectivity index (χ2n) is 7.63. The van der Waals surface area contributed by atoms with Gasteiger partial charge in [-0.25, -0.2) is 4.79 Å². The fraction of sp³-hybridized carbons (Fsp3) is 0.714. The van der Waals surface area contributed by atoms with Gasteiger partial charge < -0.3 is 33.7 Å². The Hall–Kier alpha value is -2.87. The molecule has 35 heavy (non-hydrogen) atoms. The van der Waals surface area contributed by atoms with Crippen LogP contribution in [-0.2, 0) is 57.2 Å². The number of methoxy groups -OCH3 is 1. The van der Waals surface area contributed by atoms with Gasteiger partial charge in [0.2, 0.25) is 10.8 Å². The maximum absolute atomic E-state index is 12.8.